The number of hydrogen-bond donors (Lipinski definition) is 2. The van der Waals surface area contributed by atoms with Crippen LogP contribution in [0.5, 0.6) is 17.2 Å². The Morgan fingerprint density at radius 2 is 1.79 bits per heavy atom. The summed E-state index contributed by atoms with van der Waals surface area (Å²) in [5, 5.41) is 14.0. The summed E-state index contributed by atoms with van der Waals surface area (Å²) in [5.74, 6) is 1.28. The summed E-state index contributed by atoms with van der Waals surface area (Å²) in [6, 6.07) is 13.2. The van der Waals surface area contributed by atoms with Crippen LogP contribution in [0.15, 0.2) is 48.7 Å². The molecule has 0 bridgehead atoms. The molecule has 29 heavy (non-hydrogen) atoms. The number of hydrogen-bond acceptors (Lipinski definition) is 5. The molecule has 0 spiro atoms. The van der Waals surface area contributed by atoms with Crippen molar-refractivity contribution in [2.75, 3.05) is 27.4 Å². The standard InChI is InChI=1S/C22H26N2O5/c1-24-13-15(17-7-4-5-8-18(17)24)11-21(26)23-12-16(25)14-29-22-19(27-2)9-6-10-20(22)28-3/h4-10,13,16,25H,11-12,14H2,1-3H3,(H,23,26). The Morgan fingerprint density at radius 1 is 1.10 bits per heavy atom. The Balaban J connectivity index is 1.53. The summed E-state index contributed by atoms with van der Waals surface area (Å²) < 4.78 is 18.2. The van der Waals surface area contributed by atoms with Crippen LogP contribution in [-0.4, -0.2) is 49.1 Å². The monoisotopic (exact) mass is 398 g/mol. The van der Waals surface area contributed by atoms with Gasteiger partial charge in [-0.3, -0.25) is 4.79 Å². The van der Waals surface area contributed by atoms with E-state index in [9.17, 15) is 9.90 Å². The number of aromatic nitrogens is 1. The highest BCUT2D eigenvalue weighted by atomic mass is 16.5. The Labute approximate surface area is 169 Å². The van der Waals surface area contributed by atoms with Gasteiger partial charge in [-0.25, -0.2) is 0 Å². The number of aryl methyl sites for hydroxylation is 1. The first-order valence-corrected chi connectivity index (χ1v) is 9.35. The van der Waals surface area contributed by atoms with Crippen LogP contribution in [0.2, 0.25) is 0 Å². The largest absolute Gasteiger partial charge is 0.493 e. The Hall–Kier alpha value is -3.19. The van der Waals surface area contributed by atoms with Crippen molar-refractivity contribution < 1.29 is 24.1 Å². The van der Waals surface area contributed by atoms with Gasteiger partial charge in [0.2, 0.25) is 11.7 Å². The Morgan fingerprint density at radius 3 is 2.48 bits per heavy atom. The first kappa shape index (κ1) is 20.5. The van der Waals surface area contributed by atoms with Crippen molar-refractivity contribution in [1.82, 2.24) is 9.88 Å². The van der Waals surface area contributed by atoms with E-state index in [1.54, 1.807) is 18.2 Å². The minimum absolute atomic E-state index is 0.00865. The van der Waals surface area contributed by atoms with E-state index in [1.165, 1.54) is 14.2 Å². The molecule has 0 fully saturated rings. The molecule has 1 aromatic heterocycles. The molecule has 0 aliphatic carbocycles. The summed E-state index contributed by atoms with van der Waals surface area (Å²) in [4.78, 5) is 12.3. The van der Waals surface area contributed by atoms with Gasteiger partial charge in [-0.05, 0) is 23.8 Å². The van der Waals surface area contributed by atoms with E-state index in [0.717, 1.165) is 16.5 Å². The molecule has 0 aliphatic rings. The minimum atomic E-state index is -0.874. The molecule has 1 heterocycles. The molecule has 2 aromatic carbocycles. The van der Waals surface area contributed by atoms with E-state index >= 15 is 0 Å². The van der Waals surface area contributed by atoms with Gasteiger partial charge in [0.25, 0.3) is 0 Å². The number of aliphatic hydroxyl groups excluding tert-OH is 1. The average Bonchev–Trinajstić information content (AvgIpc) is 3.05. The molecule has 2 N–H and O–H groups in total. The predicted molar refractivity (Wildman–Crippen MR) is 111 cm³/mol. The fraction of sp³-hybridized carbons (Fsp3) is 0.318. The summed E-state index contributed by atoms with van der Waals surface area (Å²) in [6.45, 7) is 0.0757. The lowest BCUT2D eigenvalue weighted by Gasteiger charge is -2.17. The Bertz CT molecular complexity index is 960. The quantitative estimate of drug-likeness (QED) is 0.578. The molecular weight excluding hydrogens is 372 g/mol. The van der Waals surface area contributed by atoms with Gasteiger partial charge in [0, 0.05) is 30.7 Å². The van der Waals surface area contributed by atoms with Crippen LogP contribution in [-0.2, 0) is 18.3 Å². The summed E-state index contributed by atoms with van der Waals surface area (Å²) in [7, 11) is 5.02. The van der Waals surface area contributed by atoms with Crippen LogP contribution in [0.25, 0.3) is 10.9 Å². The van der Waals surface area contributed by atoms with Crippen molar-refractivity contribution >= 4 is 16.8 Å². The van der Waals surface area contributed by atoms with Gasteiger partial charge in [0.15, 0.2) is 11.5 Å². The second-order valence-corrected chi connectivity index (χ2v) is 6.72. The highest BCUT2D eigenvalue weighted by molar-refractivity contribution is 5.89. The lowest BCUT2D eigenvalue weighted by atomic mass is 10.1. The van der Waals surface area contributed by atoms with Gasteiger partial charge in [-0.15, -0.1) is 0 Å². The fourth-order valence-electron chi connectivity index (χ4n) is 3.23. The topological polar surface area (TPSA) is 82.0 Å². The molecule has 0 saturated heterocycles. The maximum absolute atomic E-state index is 12.3. The van der Waals surface area contributed by atoms with Gasteiger partial charge in [0.05, 0.1) is 20.6 Å². The number of rotatable bonds is 9. The number of ether oxygens (including phenoxy) is 3. The normalized spacial score (nSPS) is 11.9. The zero-order valence-corrected chi connectivity index (χ0v) is 16.8. The summed E-state index contributed by atoms with van der Waals surface area (Å²) in [6.07, 6.45) is 1.33. The number of aliphatic hydroxyl groups is 1. The molecule has 0 saturated carbocycles. The molecule has 154 valence electrons. The maximum atomic E-state index is 12.3. The van der Waals surface area contributed by atoms with E-state index in [1.807, 2.05) is 42.1 Å². The third kappa shape index (κ3) is 4.81. The number of nitrogens with zero attached hydrogens (tertiary/aromatic N) is 1. The van der Waals surface area contributed by atoms with E-state index in [0.29, 0.717) is 17.2 Å². The highest BCUT2D eigenvalue weighted by Gasteiger charge is 2.15. The van der Waals surface area contributed by atoms with Gasteiger partial charge in [-0.2, -0.15) is 0 Å². The third-order valence-corrected chi connectivity index (χ3v) is 4.67. The van der Waals surface area contributed by atoms with E-state index < -0.39 is 6.10 Å². The first-order chi connectivity index (χ1) is 14.0. The smallest absolute Gasteiger partial charge is 0.224 e. The molecule has 1 amide bonds. The minimum Gasteiger partial charge on any atom is -0.493 e. The first-order valence-electron chi connectivity index (χ1n) is 9.35. The molecule has 1 unspecified atom stereocenters. The Kier molecular flexibility index (Phi) is 6.61. The number of amides is 1. The van der Waals surface area contributed by atoms with Gasteiger partial charge in [0.1, 0.15) is 12.7 Å². The second-order valence-electron chi connectivity index (χ2n) is 6.72. The predicted octanol–water partition coefficient (Wildman–Crippen LogP) is 2.29. The lowest BCUT2D eigenvalue weighted by Crippen LogP contribution is -2.36. The molecule has 3 rings (SSSR count). The van der Waals surface area contributed by atoms with Gasteiger partial charge < -0.3 is 29.2 Å². The van der Waals surface area contributed by atoms with Crippen LogP contribution in [0, 0.1) is 0 Å². The van der Waals surface area contributed by atoms with Gasteiger partial charge >= 0.3 is 0 Å². The molecule has 0 aliphatic heterocycles. The van der Waals surface area contributed by atoms with Crippen LogP contribution < -0.4 is 19.5 Å². The number of nitrogens with one attached hydrogen (secondary N) is 1. The van der Waals surface area contributed by atoms with Gasteiger partial charge in [-0.1, -0.05) is 24.3 Å². The van der Waals surface area contributed by atoms with E-state index in [-0.39, 0.29) is 25.5 Å². The third-order valence-electron chi connectivity index (χ3n) is 4.67. The zero-order chi connectivity index (χ0) is 20.8. The fourth-order valence-corrected chi connectivity index (χ4v) is 3.23. The van der Waals surface area contributed by atoms with Crippen molar-refractivity contribution in [3.05, 3.63) is 54.2 Å². The number of carbonyl (C=O) groups is 1. The van der Waals surface area contributed by atoms with Crippen LogP contribution in [0.1, 0.15) is 5.56 Å². The van der Waals surface area contributed by atoms with Crippen molar-refractivity contribution in [2.24, 2.45) is 7.05 Å². The molecule has 7 nitrogen and oxygen atoms in total. The molecule has 3 aromatic rings. The molecule has 0 radical (unpaired) electrons. The molecular formula is C22H26N2O5. The lowest BCUT2D eigenvalue weighted by molar-refractivity contribution is -0.121. The summed E-state index contributed by atoms with van der Waals surface area (Å²) >= 11 is 0. The highest BCUT2D eigenvalue weighted by Crippen LogP contribution is 2.36. The van der Waals surface area contributed by atoms with Crippen molar-refractivity contribution in [1.29, 1.82) is 0 Å². The van der Waals surface area contributed by atoms with Crippen molar-refractivity contribution in [3.8, 4) is 17.2 Å². The number of methoxy groups -OCH3 is 2. The van der Waals surface area contributed by atoms with Crippen molar-refractivity contribution in [3.63, 3.8) is 0 Å². The van der Waals surface area contributed by atoms with Crippen LogP contribution in [0.3, 0.4) is 0 Å². The molecule has 1 atom stereocenters. The van der Waals surface area contributed by atoms with Crippen LogP contribution in [0.4, 0.5) is 0 Å². The zero-order valence-electron chi connectivity index (χ0n) is 16.8. The SMILES string of the molecule is COc1cccc(OC)c1OCC(O)CNC(=O)Cc1cn(C)c2ccccc12. The number of carbonyl (C=O) groups excluding carboxylic acids is 1. The molecule has 7 heteroatoms. The number of para-hydroxylation sites is 2. The van der Waals surface area contributed by atoms with Crippen LogP contribution >= 0.6 is 0 Å². The second kappa shape index (κ2) is 9.34. The van der Waals surface area contributed by atoms with E-state index in [4.69, 9.17) is 14.2 Å². The van der Waals surface area contributed by atoms with E-state index in [2.05, 4.69) is 5.32 Å². The number of fused-ring (bicyclic) bond motifs is 1. The number of benzene rings is 2. The average molecular weight is 398 g/mol. The summed E-state index contributed by atoms with van der Waals surface area (Å²) in [5.41, 5.74) is 2.03. The van der Waals surface area contributed by atoms with Crippen molar-refractivity contribution in [2.45, 2.75) is 12.5 Å². The maximum Gasteiger partial charge on any atom is 0.224 e.